The summed E-state index contributed by atoms with van der Waals surface area (Å²) in [5.41, 5.74) is 1.73. The number of anilines is 2. The van der Waals surface area contributed by atoms with Gasteiger partial charge in [-0.05, 0) is 24.3 Å². The van der Waals surface area contributed by atoms with E-state index in [2.05, 4.69) is 20.3 Å². The Hall–Kier alpha value is -2.95. The Morgan fingerprint density at radius 3 is 2.35 bits per heavy atom. The molecular formula is C15H12N4O. The molecule has 0 saturated heterocycles. The molecule has 20 heavy (non-hydrogen) atoms. The van der Waals surface area contributed by atoms with Crippen LogP contribution in [-0.2, 0) is 0 Å². The molecule has 0 saturated carbocycles. The summed E-state index contributed by atoms with van der Waals surface area (Å²) < 4.78 is 0. The highest BCUT2D eigenvalue weighted by Crippen LogP contribution is 2.18. The molecule has 98 valence electrons. The van der Waals surface area contributed by atoms with Crippen molar-refractivity contribution in [3.63, 3.8) is 0 Å². The molecule has 0 spiro atoms. The standard InChI is InChI=1S/C15H12N4O/c20-13-8-6-12(7-9-13)18-15-17-10-16-14(19-15)11-4-2-1-3-5-11/h1-10,20H,(H,16,17,18,19). The van der Waals surface area contributed by atoms with Gasteiger partial charge in [0.2, 0.25) is 5.95 Å². The summed E-state index contributed by atoms with van der Waals surface area (Å²) in [5.74, 6) is 1.29. The maximum absolute atomic E-state index is 9.25. The van der Waals surface area contributed by atoms with Gasteiger partial charge in [0.15, 0.2) is 5.82 Å². The number of rotatable bonds is 3. The van der Waals surface area contributed by atoms with Gasteiger partial charge < -0.3 is 10.4 Å². The van der Waals surface area contributed by atoms with Crippen molar-refractivity contribution in [3.8, 4) is 17.1 Å². The highest BCUT2D eigenvalue weighted by molar-refractivity contribution is 5.58. The van der Waals surface area contributed by atoms with Crippen LogP contribution in [0.1, 0.15) is 0 Å². The first-order chi connectivity index (χ1) is 9.81. The van der Waals surface area contributed by atoms with Crippen molar-refractivity contribution < 1.29 is 5.11 Å². The summed E-state index contributed by atoms with van der Waals surface area (Å²) in [6.45, 7) is 0. The van der Waals surface area contributed by atoms with Gasteiger partial charge in [0.25, 0.3) is 0 Å². The lowest BCUT2D eigenvalue weighted by Crippen LogP contribution is -1.99. The SMILES string of the molecule is Oc1ccc(Nc2ncnc(-c3ccccc3)n2)cc1. The minimum atomic E-state index is 0.219. The molecule has 2 N–H and O–H groups in total. The van der Waals surface area contributed by atoms with Crippen LogP contribution in [0.5, 0.6) is 5.75 Å². The van der Waals surface area contributed by atoms with Gasteiger partial charge in [-0.2, -0.15) is 4.98 Å². The molecule has 0 aliphatic rings. The zero-order chi connectivity index (χ0) is 13.8. The predicted molar refractivity (Wildman–Crippen MR) is 76.7 cm³/mol. The zero-order valence-corrected chi connectivity index (χ0v) is 10.6. The minimum Gasteiger partial charge on any atom is -0.508 e. The van der Waals surface area contributed by atoms with Crippen LogP contribution in [0.15, 0.2) is 60.9 Å². The van der Waals surface area contributed by atoms with E-state index in [1.165, 1.54) is 6.33 Å². The quantitative estimate of drug-likeness (QED) is 0.711. The minimum absolute atomic E-state index is 0.219. The Bertz CT molecular complexity index is 699. The van der Waals surface area contributed by atoms with Gasteiger partial charge in [0.05, 0.1) is 0 Å². The molecule has 0 unspecified atom stereocenters. The average molecular weight is 264 g/mol. The molecule has 0 aliphatic carbocycles. The van der Waals surface area contributed by atoms with E-state index in [-0.39, 0.29) is 5.75 Å². The number of phenols is 1. The number of hydrogen-bond acceptors (Lipinski definition) is 5. The van der Waals surface area contributed by atoms with Gasteiger partial charge in [-0.1, -0.05) is 30.3 Å². The fourth-order valence-electron chi connectivity index (χ4n) is 1.76. The molecule has 0 aliphatic heterocycles. The Morgan fingerprint density at radius 2 is 1.60 bits per heavy atom. The van der Waals surface area contributed by atoms with E-state index in [0.29, 0.717) is 11.8 Å². The Labute approximate surface area is 116 Å². The van der Waals surface area contributed by atoms with Crippen molar-refractivity contribution in [1.29, 1.82) is 0 Å². The van der Waals surface area contributed by atoms with Crippen molar-refractivity contribution in [2.75, 3.05) is 5.32 Å². The number of hydrogen-bond donors (Lipinski definition) is 2. The lowest BCUT2D eigenvalue weighted by Gasteiger charge is -2.06. The third-order valence-electron chi connectivity index (χ3n) is 2.73. The third-order valence-corrected chi connectivity index (χ3v) is 2.73. The molecule has 0 fully saturated rings. The summed E-state index contributed by atoms with van der Waals surface area (Å²) in [5, 5.41) is 12.3. The number of nitrogens with zero attached hydrogens (tertiary/aromatic N) is 3. The molecule has 0 bridgehead atoms. The first-order valence-corrected chi connectivity index (χ1v) is 6.12. The molecule has 3 aromatic rings. The largest absolute Gasteiger partial charge is 0.508 e. The van der Waals surface area contributed by atoms with E-state index in [0.717, 1.165) is 11.3 Å². The van der Waals surface area contributed by atoms with Gasteiger partial charge >= 0.3 is 0 Å². The topological polar surface area (TPSA) is 70.9 Å². The molecule has 1 heterocycles. The number of nitrogens with one attached hydrogen (secondary N) is 1. The van der Waals surface area contributed by atoms with Crippen molar-refractivity contribution >= 4 is 11.6 Å². The normalized spacial score (nSPS) is 10.2. The number of benzene rings is 2. The van der Waals surface area contributed by atoms with Crippen molar-refractivity contribution in [2.45, 2.75) is 0 Å². The van der Waals surface area contributed by atoms with Crippen LogP contribution in [0.2, 0.25) is 0 Å². The lowest BCUT2D eigenvalue weighted by molar-refractivity contribution is 0.475. The first kappa shape index (κ1) is 12.1. The van der Waals surface area contributed by atoms with E-state index >= 15 is 0 Å². The van der Waals surface area contributed by atoms with E-state index in [4.69, 9.17) is 0 Å². The van der Waals surface area contributed by atoms with Crippen molar-refractivity contribution in [3.05, 3.63) is 60.9 Å². The van der Waals surface area contributed by atoms with Gasteiger partial charge in [-0.3, -0.25) is 0 Å². The molecule has 1 aromatic heterocycles. The van der Waals surface area contributed by atoms with Crippen LogP contribution in [0.3, 0.4) is 0 Å². The molecule has 5 nitrogen and oxygen atoms in total. The summed E-state index contributed by atoms with van der Waals surface area (Å²) in [6, 6.07) is 16.4. The average Bonchev–Trinajstić information content (AvgIpc) is 2.51. The van der Waals surface area contributed by atoms with Crippen LogP contribution in [0.25, 0.3) is 11.4 Å². The summed E-state index contributed by atoms with van der Waals surface area (Å²) in [7, 11) is 0. The molecule has 0 atom stereocenters. The maximum Gasteiger partial charge on any atom is 0.230 e. The van der Waals surface area contributed by atoms with Gasteiger partial charge in [-0.15, -0.1) is 0 Å². The third kappa shape index (κ3) is 2.72. The second-order valence-corrected chi connectivity index (χ2v) is 4.17. The summed E-state index contributed by atoms with van der Waals surface area (Å²) >= 11 is 0. The Kier molecular flexibility index (Phi) is 3.24. The van der Waals surface area contributed by atoms with Gasteiger partial charge in [0.1, 0.15) is 12.1 Å². The molecule has 0 radical (unpaired) electrons. The van der Waals surface area contributed by atoms with Crippen LogP contribution >= 0.6 is 0 Å². The highest BCUT2D eigenvalue weighted by atomic mass is 16.3. The fraction of sp³-hybridized carbons (Fsp3) is 0. The molecule has 3 rings (SSSR count). The van der Waals surface area contributed by atoms with Gasteiger partial charge in [-0.25, -0.2) is 9.97 Å². The number of aromatic nitrogens is 3. The van der Waals surface area contributed by atoms with E-state index in [9.17, 15) is 5.11 Å². The second kappa shape index (κ2) is 5.36. The lowest BCUT2D eigenvalue weighted by atomic mass is 10.2. The van der Waals surface area contributed by atoms with Crippen LogP contribution in [0, 0.1) is 0 Å². The smallest absolute Gasteiger partial charge is 0.230 e. The monoisotopic (exact) mass is 264 g/mol. The molecule has 2 aromatic carbocycles. The molecule has 0 amide bonds. The van der Waals surface area contributed by atoms with E-state index in [1.807, 2.05) is 30.3 Å². The summed E-state index contributed by atoms with van der Waals surface area (Å²) in [4.78, 5) is 12.6. The fourth-order valence-corrected chi connectivity index (χ4v) is 1.76. The predicted octanol–water partition coefficient (Wildman–Crippen LogP) is 2.99. The van der Waals surface area contributed by atoms with Crippen molar-refractivity contribution in [1.82, 2.24) is 15.0 Å². The van der Waals surface area contributed by atoms with Crippen LogP contribution in [0.4, 0.5) is 11.6 Å². The van der Waals surface area contributed by atoms with Crippen LogP contribution < -0.4 is 5.32 Å². The zero-order valence-electron chi connectivity index (χ0n) is 10.6. The van der Waals surface area contributed by atoms with Gasteiger partial charge in [0, 0.05) is 11.3 Å². The highest BCUT2D eigenvalue weighted by Gasteiger charge is 2.03. The van der Waals surface area contributed by atoms with Crippen LogP contribution in [-0.4, -0.2) is 20.1 Å². The first-order valence-electron chi connectivity index (χ1n) is 6.12. The number of phenolic OH excluding ortho intramolecular Hbond substituents is 1. The molecular weight excluding hydrogens is 252 g/mol. The van der Waals surface area contributed by atoms with E-state index in [1.54, 1.807) is 24.3 Å². The Balaban J connectivity index is 1.86. The second-order valence-electron chi connectivity index (χ2n) is 4.17. The van der Waals surface area contributed by atoms with E-state index < -0.39 is 0 Å². The Morgan fingerprint density at radius 1 is 0.850 bits per heavy atom. The summed E-state index contributed by atoms with van der Waals surface area (Å²) in [6.07, 6.45) is 1.47. The number of aromatic hydroxyl groups is 1. The van der Waals surface area contributed by atoms with Crippen molar-refractivity contribution in [2.24, 2.45) is 0 Å². The maximum atomic E-state index is 9.25. The molecule has 5 heteroatoms.